The Balaban J connectivity index is 2.05. The minimum atomic E-state index is 0.427. The summed E-state index contributed by atoms with van der Waals surface area (Å²) in [4.78, 5) is 0. The predicted octanol–water partition coefficient (Wildman–Crippen LogP) is 4.39. The maximum Gasteiger partial charge on any atom is 0.0364 e. The molecule has 108 valence electrons. The minimum Gasteiger partial charge on any atom is -0.351 e. The maximum atomic E-state index is 3.72. The van der Waals surface area contributed by atoms with Crippen molar-refractivity contribution in [2.45, 2.75) is 46.3 Å². The molecule has 0 amide bonds. The lowest BCUT2D eigenvalue weighted by Crippen LogP contribution is -2.23. The van der Waals surface area contributed by atoms with E-state index in [0.717, 1.165) is 19.5 Å². The van der Waals surface area contributed by atoms with Crippen LogP contribution in [0.25, 0.3) is 0 Å². The Morgan fingerprint density at radius 2 is 1.80 bits per heavy atom. The molecule has 0 aliphatic heterocycles. The fourth-order valence-corrected chi connectivity index (χ4v) is 2.64. The first-order valence-electron chi connectivity index (χ1n) is 7.63. The highest BCUT2D eigenvalue weighted by molar-refractivity contribution is 5.19. The van der Waals surface area contributed by atoms with Crippen molar-refractivity contribution in [3.05, 3.63) is 59.9 Å². The van der Waals surface area contributed by atoms with Crippen molar-refractivity contribution in [3.63, 3.8) is 0 Å². The SMILES string of the molecule is CCn1cccc1CNC(CC(C)C)c1ccccc1. The zero-order valence-corrected chi connectivity index (χ0v) is 12.8. The lowest BCUT2D eigenvalue weighted by molar-refractivity contribution is 0.423. The summed E-state index contributed by atoms with van der Waals surface area (Å²) in [6.45, 7) is 8.71. The summed E-state index contributed by atoms with van der Waals surface area (Å²) < 4.78 is 2.30. The number of hydrogen-bond acceptors (Lipinski definition) is 1. The molecule has 2 nitrogen and oxygen atoms in total. The molecular formula is C18H26N2. The van der Waals surface area contributed by atoms with Gasteiger partial charge < -0.3 is 9.88 Å². The van der Waals surface area contributed by atoms with Crippen LogP contribution in [0.5, 0.6) is 0 Å². The Bertz CT molecular complexity index is 499. The van der Waals surface area contributed by atoms with E-state index in [0.29, 0.717) is 12.0 Å². The molecular weight excluding hydrogens is 244 g/mol. The van der Waals surface area contributed by atoms with Gasteiger partial charge in [0.1, 0.15) is 0 Å². The van der Waals surface area contributed by atoms with Gasteiger partial charge in [0.05, 0.1) is 0 Å². The molecule has 1 heterocycles. The number of hydrogen-bond donors (Lipinski definition) is 1. The van der Waals surface area contributed by atoms with Crippen molar-refractivity contribution in [1.29, 1.82) is 0 Å². The zero-order valence-electron chi connectivity index (χ0n) is 12.8. The van der Waals surface area contributed by atoms with Crippen LogP contribution in [0.2, 0.25) is 0 Å². The molecule has 20 heavy (non-hydrogen) atoms. The molecule has 0 spiro atoms. The molecule has 2 heteroatoms. The van der Waals surface area contributed by atoms with E-state index in [1.807, 2.05) is 0 Å². The zero-order chi connectivity index (χ0) is 14.4. The highest BCUT2D eigenvalue weighted by atomic mass is 15.0. The van der Waals surface area contributed by atoms with Gasteiger partial charge >= 0.3 is 0 Å². The fraction of sp³-hybridized carbons (Fsp3) is 0.444. The molecule has 0 fully saturated rings. The Kier molecular flexibility index (Phi) is 5.42. The third-order valence-corrected chi connectivity index (χ3v) is 3.70. The first-order chi connectivity index (χ1) is 9.70. The Labute approximate surface area is 122 Å². The summed E-state index contributed by atoms with van der Waals surface area (Å²) in [5.74, 6) is 0.686. The number of nitrogens with one attached hydrogen (secondary N) is 1. The summed E-state index contributed by atoms with van der Waals surface area (Å²) >= 11 is 0. The van der Waals surface area contributed by atoms with Crippen LogP contribution in [-0.2, 0) is 13.1 Å². The van der Waals surface area contributed by atoms with Crippen LogP contribution in [0, 0.1) is 5.92 Å². The largest absolute Gasteiger partial charge is 0.351 e. The first-order valence-corrected chi connectivity index (χ1v) is 7.63. The van der Waals surface area contributed by atoms with Crippen molar-refractivity contribution < 1.29 is 0 Å². The van der Waals surface area contributed by atoms with Crippen LogP contribution in [0.15, 0.2) is 48.7 Å². The van der Waals surface area contributed by atoms with Crippen LogP contribution < -0.4 is 5.32 Å². The summed E-state index contributed by atoms with van der Waals surface area (Å²) in [6.07, 6.45) is 3.31. The van der Waals surface area contributed by atoms with E-state index >= 15 is 0 Å². The average Bonchev–Trinajstić information content (AvgIpc) is 2.91. The van der Waals surface area contributed by atoms with Gasteiger partial charge in [-0.25, -0.2) is 0 Å². The third kappa shape index (κ3) is 3.97. The summed E-state index contributed by atoms with van der Waals surface area (Å²) in [7, 11) is 0. The van der Waals surface area contributed by atoms with Gasteiger partial charge in [0.25, 0.3) is 0 Å². The van der Waals surface area contributed by atoms with Crippen LogP contribution >= 0.6 is 0 Å². The van der Waals surface area contributed by atoms with E-state index in [9.17, 15) is 0 Å². The van der Waals surface area contributed by atoms with Crippen molar-refractivity contribution in [3.8, 4) is 0 Å². The maximum absolute atomic E-state index is 3.72. The van der Waals surface area contributed by atoms with Crippen LogP contribution in [0.1, 0.15) is 44.5 Å². The highest BCUT2D eigenvalue weighted by Crippen LogP contribution is 2.21. The number of aryl methyl sites for hydroxylation is 1. The molecule has 0 saturated carbocycles. The second-order valence-corrected chi connectivity index (χ2v) is 5.76. The quantitative estimate of drug-likeness (QED) is 0.790. The molecule has 1 aromatic carbocycles. The first kappa shape index (κ1) is 14.9. The lowest BCUT2D eigenvalue weighted by Gasteiger charge is -2.21. The van der Waals surface area contributed by atoms with Crippen LogP contribution in [0.4, 0.5) is 0 Å². The summed E-state index contributed by atoms with van der Waals surface area (Å²) in [5, 5.41) is 3.72. The number of aromatic nitrogens is 1. The van der Waals surface area contributed by atoms with Gasteiger partial charge in [-0.3, -0.25) is 0 Å². The van der Waals surface area contributed by atoms with Crippen LogP contribution in [-0.4, -0.2) is 4.57 Å². The van der Waals surface area contributed by atoms with Gasteiger partial charge in [0.15, 0.2) is 0 Å². The average molecular weight is 270 g/mol. The second kappa shape index (κ2) is 7.30. The monoisotopic (exact) mass is 270 g/mol. The highest BCUT2D eigenvalue weighted by Gasteiger charge is 2.13. The van der Waals surface area contributed by atoms with Crippen molar-refractivity contribution >= 4 is 0 Å². The van der Waals surface area contributed by atoms with Gasteiger partial charge in [-0.15, -0.1) is 0 Å². The topological polar surface area (TPSA) is 17.0 Å². The smallest absolute Gasteiger partial charge is 0.0364 e. The van der Waals surface area contributed by atoms with Crippen LogP contribution in [0.3, 0.4) is 0 Å². The minimum absolute atomic E-state index is 0.427. The van der Waals surface area contributed by atoms with Crippen molar-refractivity contribution in [2.24, 2.45) is 5.92 Å². The standard InChI is InChI=1S/C18H26N2/c1-4-20-12-8-11-17(20)14-19-18(13-15(2)3)16-9-6-5-7-10-16/h5-12,15,18-19H,4,13-14H2,1-3H3. The molecule has 2 rings (SSSR count). The molecule has 0 bridgehead atoms. The number of rotatable bonds is 7. The van der Waals surface area contributed by atoms with Gasteiger partial charge in [-0.2, -0.15) is 0 Å². The summed E-state index contributed by atoms with van der Waals surface area (Å²) in [5.41, 5.74) is 2.74. The lowest BCUT2D eigenvalue weighted by atomic mass is 9.97. The predicted molar refractivity (Wildman–Crippen MR) is 85.6 cm³/mol. The van der Waals surface area contributed by atoms with E-state index < -0.39 is 0 Å². The second-order valence-electron chi connectivity index (χ2n) is 5.76. The third-order valence-electron chi connectivity index (χ3n) is 3.70. The van der Waals surface area contributed by atoms with Crippen molar-refractivity contribution in [2.75, 3.05) is 0 Å². The van der Waals surface area contributed by atoms with E-state index in [1.54, 1.807) is 0 Å². The molecule has 0 aliphatic carbocycles. The Morgan fingerprint density at radius 1 is 1.05 bits per heavy atom. The molecule has 1 atom stereocenters. The summed E-state index contributed by atoms with van der Waals surface area (Å²) in [6, 6.07) is 15.5. The van der Waals surface area contributed by atoms with Gasteiger partial charge in [0.2, 0.25) is 0 Å². The van der Waals surface area contributed by atoms with Gasteiger partial charge in [-0.05, 0) is 37.0 Å². The molecule has 0 radical (unpaired) electrons. The Hall–Kier alpha value is -1.54. The molecule has 2 aromatic rings. The van der Waals surface area contributed by atoms with E-state index in [2.05, 4.69) is 79.3 Å². The molecule has 1 N–H and O–H groups in total. The van der Waals surface area contributed by atoms with E-state index in [4.69, 9.17) is 0 Å². The number of nitrogens with zero attached hydrogens (tertiary/aromatic N) is 1. The van der Waals surface area contributed by atoms with Gasteiger partial charge in [0, 0.05) is 31.0 Å². The van der Waals surface area contributed by atoms with Crippen molar-refractivity contribution in [1.82, 2.24) is 9.88 Å². The molecule has 1 unspecified atom stereocenters. The Morgan fingerprint density at radius 3 is 2.45 bits per heavy atom. The fourth-order valence-electron chi connectivity index (χ4n) is 2.64. The molecule has 1 aromatic heterocycles. The number of benzene rings is 1. The molecule has 0 aliphatic rings. The normalized spacial score (nSPS) is 12.8. The van der Waals surface area contributed by atoms with Gasteiger partial charge in [-0.1, -0.05) is 44.2 Å². The van der Waals surface area contributed by atoms with E-state index in [1.165, 1.54) is 11.3 Å². The van der Waals surface area contributed by atoms with E-state index in [-0.39, 0.29) is 0 Å². The molecule has 0 saturated heterocycles.